The first-order chi connectivity index (χ1) is 9.97. The molecule has 1 amide bonds. The number of carboxylic acids is 1. The number of aromatic carboxylic acids is 1. The average molecular weight is 305 g/mol. The molecule has 0 aliphatic heterocycles. The minimum Gasteiger partial charge on any atom is -0.477 e. The van der Waals surface area contributed by atoms with Gasteiger partial charge in [0.25, 0.3) is 5.91 Å². The van der Waals surface area contributed by atoms with Gasteiger partial charge < -0.3 is 10.4 Å². The van der Waals surface area contributed by atoms with Gasteiger partial charge in [-0.2, -0.15) is 0 Å². The summed E-state index contributed by atoms with van der Waals surface area (Å²) in [5, 5.41) is 12.2. The lowest BCUT2D eigenvalue weighted by atomic mass is 10.1. The maximum Gasteiger partial charge on any atom is 0.354 e. The van der Waals surface area contributed by atoms with E-state index in [-0.39, 0.29) is 17.6 Å². The fraction of sp³-hybridized carbons (Fsp3) is 0.133. The maximum atomic E-state index is 12.1. The molecule has 21 heavy (non-hydrogen) atoms. The fourth-order valence-corrected chi connectivity index (χ4v) is 1.99. The van der Waals surface area contributed by atoms with E-state index in [0.717, 1.165) is 5.56 Å². The molecule has 1 aromatic carbocycles. The van der Waals surface area contributed by atoms with Crippen molar-refractivity contribution >= 4 is 23.5 Å². The lowest BCUT2D eigenvalue weighted by Crippen LogP contribution is -2.26. The first-order valence-corrected chi connectivity index (χ1v) is 6.61. The monoisotopic (exact) mass is 304 g/mol. The number of carboxylic acid groups (broad SMARTS) is 1. The van der Waals surface area contributed by atoms with Gasteiger partial charge in [0.05, 0.1) is 11.6 Å². The highest BCUT2D eigenvalue weighted by Gasteiger charge is 2.13. The second-order valence-corrected chi connectivity index (χ2v) is 4.92. The zero-order valence-electron chi connectivity index (χ0n) is 11.2. The van der Waals surface area contributed by atoms with E-state index in [1.54, 1.807) is 12.1 Å². The molecule has 6 heteroatoms. The van der Waals surface area contributed by atoms with Crippen LogP contribution in [0.25, 0.3) is 0 Å². The maximum absolute atomic E-state index is 12.1. The number of carbonyl (C=O) groups excluding carboxylic acids is 1. The highest BCUT2D eigenvalue weighted by Crippen LogP contribution is 2.17. The number of rotatable bonds is 4. The summed E-state index contributed by atoms with van der Waals surface area (Å²) >= 11 is 5.91. The van der Waals surface area contributed by atoms with Gasteiger partial charge in [-0.1, -0.05) is 23.7 Å². The van der Waals surface area contributed by atoms with Crippen LogP contribution >= 0.6 is 11.6 Å². The van der Waals surface area contributed by atoms with Crippen molar-refractivity contribution in [2.24, 2.45) is 0 Å². The number of benzene rings is 1. The predicted octanol–water partition coefficient (Wildman–Crippen LogP) is 2.92. The van der Waals surface area contributed by atoms with Crippen molar-refractivity contribution in [3.63, 3.8) is 0 Å². The standard InChI is InChI=1S/C15H13ClN2O3/c1-9(10-3-2-4-12(16)7-10)18-14(19)11-5-6-13(15(20)21)17-8-11/h2-9H,1H3,(H,18,19)(H,20,21). The lowest BCUT2D eigenvalue weighted by Gasteiger charge is -2.14. The van der Waals surface area contributed by atoms with E-state index < -0.39 is 5.97 Å². The third-order valence-corrected chi connectivity index (χ3v) is 3.18. The number of hydrogen-bond acceptors (Lipinski definition) is 3. The van der Waals surface area contributed by atoms with E-state index in [1.807, 2.05) is 19.1 Å². The fourth-order valence-electron chi connectivity index (χ4n) is 1.79. The molecule has 0 fully saturated rings. The van der Waals surface area contributed by atoms with Crippen molar-refractivity contribution in [2.75, 3.05) is 0 Å². The highest BCUT2D eigenvalue weighted by atomic mass is 35.5. The van der Waals surface area contributed by atoms with Gasteiger partial charge in [-0.25, -0.2) is 9.78 Å². The summed E-state index contributed by atoms with van der Waals surface area (Å²) in [5.41, 5.74) is 1.08. The summed E-state index contributed by atoms with van der Waals surface area (Å²) in [6.45, 7) is 1.84. The average Bonchev–Trinajstić information content (AvgIpc) is 2.47. The molecule has 0 saturated heterocycles. The molecule has 0 saturated carbocycles. The van der Waals surface area contributed by atoms with Crippen molar-refractivity contribution < 1.29 is 14.7 Å². The number of nitrogens with zero attached hydrogens (tertiary/aromatic N) is 1. The van der Waals surface area contributed by atoms with Crippen LogP contribution in [-0.4, -0.2) is 22.0 Å². The molecule has 2 rings (SSSR count). The Balaban J connectivity index is 2.08. The lowest BCUT2D eigenvalue weighted by molar-refractivity contribution is 0.0689. The smallest absolute Gasteiger partial charge is 0.354 e. The van der Waals surface area contributed by atoms with Crippen LogP contribution in [0.15, 0.2) is 42.6 Å². The van der Waals surface area contributed by atoms with E-state index >= 15 is 0 Å². The molecule has 0 aliphatic carbocycles. The predicted molar refractivity (Wildman–Crippen MR) is 78.5 cm³/mol. The Hall–Kier alpha value is -2.40. The largest absolute Gasteiger partial charge is 0.477 e. The molecule has 2 N–H and O–H groups in total. The van der Waals surface area contributed by atoms with E-state index in [4.69, 9.17) is 16.7 Å². The van der Waals surface area contributed by atoms with Gasteiger partial charge in [0.15, 0.2) is 0 Å². The number of nitrogens with one attached hydrogen (secondary N) is 1. The summed E-state index contributed by atoms with van der Waals surface area (Å²) in [6, 6.07) is 9.70. The molecule has 1 aromatic heterocycles. The molecular weight excluding hydrogens is 292 g/mol. The van der Waals surface area contributed by atoms with Crippen LogP contribution in [0.5, 0.6) is 0 Å². The summed E-state index contributed by atoms with van der Waals surface area (Å²) in [5.74, 6) is -1.46. The zero-order chi connectivity index (χ0) is 15.4. The number of carbonyl (C=O) groups is 2. The molecule has 1 unspecified atom stereocenters. The van der Waals surface area contributed by atoms with Gasteiger partial charge >= 0.3 is 5.97 Å². The molecule has 1 heterocycles. The number of aromatic nitrogens is 1. The minimum absolute atomic E-state index is 0.102. The van der Waals surface area contributed by atoms with Crippen molar-refractivity contribution in [2.45, 2.75) is 13.0 Å². The summed E-state index contributed by atoms with van der Waals surface area (Å²) in [6.07, 6.45) is 1.24. The van der Waals surface area contributed by atoms with Crippen LogP contribution in [0, 0.1) is 0 Å². The van der Waals surface area contributed by atoms with Gasteiger partial charge in [-0.3, -0.25) is 4.79 Å². The first-order valence-electron chi connectivity index (χ1n) is 6.23. The molecule has 0 aliphatic rings. The minimum atomic E-state index is -1.13. The number of amides is 1. The van der Waals surface area contributed by atoms with Crippen molar-refractivity contribution in [1.82, 2.24) is 10.3 Å². The molecule has 5 nitrogen and oxygen atoms in total. The van der Waals surface area contributed by atoms with Crippen molar-refractivity contribution in [3.8, 4) is 0 Å². The third-order valence-electron chi connectivity index (χ3n) is 2.94. The zero-order valence-corrected chi connectivity index (χ0v) is 12.0. The number of halogens is 1. The Morgan fingerprint density at radius 2 is 2.05 bits per heavy atom. The Kier molecular flexibility index (Phi) is 4.55. The molecule has 2 aromatic rings. The normalized spacial score (nSPS) is 11.7. The summed E-state index contributed by atoms with van der Waals surface area (Å²) in [4.78, 5) is 26.5. The molecule has 1 atom stereocenters. The Labute approximate surface area is 126 Å². The quantitative estimate of drug-likeness (QED) is 0.910. The van der Waals surface area contributed by atoms with Crippen LogP contribution in [0.2, 0.25) is 5.02 Å². The molecular formula is C15H13ClN2O3. The van der Waals surface area contributed by atoms with E-state index in [1.165, 1.54) is 18.3 Å². The molecule has 0 radical (unpaired) electrons. The highest BCUT2D eigenvalue weighted by molar-refractivity contribution is 6.30. The SMILES string of the molecule is CC(NC(=O)c1ccc(C(=O)O)nc1)c1cccc(Cl)c1. The second-order valence-electron chi connectivity index (χ2n) is 4.49. The van der Waals surface area contributed by atoms with Crippen molar-refractivity contribution in [3.05, 3.63) is 64.4 Å². The van der Waals surface area contributed by atoms with Crippen LogP contribution in [0.3, 0.4) is 0 Å². The number of pyridine rings is 1. The van der Waals surface area contributed by atoms with Gasteiger partial charge in [0.2, 0.25) is 0 Å². The van der Waals surface area contributed by atoms with Gasteiger partial charge in [-0.15, -0.1) is 0 Å². The van der Waals surface area contributed by atoms with Gasteiger partial charge in [0, 0.05) is 11.2 Å². The van der Waals surface area contributed by atoms with Crippen LogP contribution in [0.1, 0.15) is 39.4 Å². The summed E-state index contributed by atoms with van der Waals surface area (Å²) < 4.78 is 0. The van der Waals surface area contributed by atoms with E-state index in [0.29, 0.717) is 10.6 Å². The number of hydrogen-bond donors (Lipinski definition) is 2. The van der Waals surface area contributed by atoms with Crippen LogP contribution < -0.4 is 5.32 Å². The summed E-state index contributed by atoms with van der Waals surface area (Å²) in [7, 11) is 0. The molecule has 0 bridgehead atoms. The first kappa shape index (κ1) is 15.0. The Morgan fingerprint density at radius 1 is 1.29 bits per heavy atom. The Morgan fingerprint density at radius 3 is 2.62 bits per heavy atom. The van der Waals surface area contributed by atoms with Crippen molar-refractivity contribution in [1.29, 1.82) is 0 Å². The van der Waals surface area contributed by atoms with E-state index in [2.05, 4.69) is 10.3 Å². The Bertz CT molecular complexity index is 671. The molecule has 0 spiro atoms. The second kappa shape index (κ2) is 6.37. The molecule has 108 valence electrons. The van der Waals surface area contributed by atoms with Gasteiger partial charge in [0.1, 0.15) is 5.69 Å². The van der Waals surface area contributed by atoms with E-state index in [9.17, 15) is 9.59 Å². The van der Waals surface area contributed by atoms with Gasteiger partial charge in [-0.05, 0) is 36.8 Å². The van der Waals surface area contributed by atoms with Crippen LogP contribution in [-0.2, 0) is 0 Å². The van der Waals surface area contributed by atoms with Crippen LogP contribution in [0.4, 0.5) is 0 Å². The topological polar surface area (TPSA) is 79.3 Å². The third kappa shape index (κ3) is 3.79.